The number of anilines is 1. The molecule has 1 N–H and O–H groups in total. The third-order valence-corrected chi connectivity index (χ3v) is 4.11. The van der Waals surface area contributed by atoms with Crippen LogP contribution in [0.2, 0.25) is 0 Å². The Kier molecular flexibility index (Phi) is 3.72. The van der Waals surface area contributed by atoms with Gasteiger partial charge < -0.3 is 10.1 Å². The standard InChI is InChI=1S/C15H21N3O2/c1-10-7-18-8-13(5-14(18)9-20-10)17-15-4-3-12(6-16-15)11(2)19/h3-4,6,10,13-14H,5,7-9H2,1-2H3,(H,16,17)/t10-,13-,14-/m0/s1. The first-order valence-corrected chi connectivity index (χ1v) is 7.21. The van der Waals surface area contributed by atoms with Crippen molar-refractivity contribution in [3.05, 3.63) is 23.9 Å². The van der Waals surface area contributed by atoms with Crippen LogP contribution < -0.4 is 5.32 Å². The summed E-state index contributed by atoms with van der Waals surface area (Å²) in [5, 5.41) is 3.46. The summed E-state index contributed by atoms with van der Waals surface area (Å²) in [4.78, 5) is 18.0. The Bertz CT molecular complexity index is 488. The number of carbonyl (C=O) groups is 1. The largest absolute Gasteiger partial charge is 0.376 e. The first-order chi connectivity index (χ1) is 9.61. The highest BCUT2D eigenvalue weighted by Gasteiger charge is 2.36. The van der Waals surface area contributed by atoms with E-state index in [4.69, 9.17) is 4.74 Å². The number of ether oxygens (including phenoxy) is 1. The van der Waals surface area contributed by atoms with Crippen LogP contribution in [-0.2, 0) is 4.74 Å². The van der Waals surface area contributed by atoms with E-state index >= 15 is 0 Å². The molecule has 5 heteroatoms. The van der Waals surface area contributed by atoms with E-state index in [1.807, 2.05) is 12.1 Å². The molecule has 1 aromatic rings. The Hall–Kier alpha value is -1.46. The van der Waals surface area contributed by atoms with Gasteiger partial charge in [0.05, 0.1) is 12.7 Å². The van der Waals surface area contributed by atoms with Crippen LogP contribution in [-0.4, -0.2) is 53.6 Å². The first-order valence-electron chi connectivity index (χ1n) is 7.21. The first kappa shape index (κ1) is 13.5. The third-order valence-electron chi connectivity index (χ3n) is 4.11. The molecule has 0 aromatic carbocycles. The SMILES string of the molecule is CC(=O)c1ccc(N[C@H]2C[C@H]3CO[C@@H](C)CN3C2)nc1. The molecule has 0 amide bonds. The van der Waals surface area contributed by atoms with Gasteiger partial charge in [-0.2, -0.15) is 0 Å². The zero-order chi connectivity index (χ0) is 14.1. The minimum absolute atomic E-state index is 0.0492. The van der Waals surface area contributed by atoms with Gasteiger partial charge in [-0.3, -0.25) is 9.69 Å². The third kappa shape index (κ3) is 2.83. The monoisotopic (exact) mass is 275 g/mol. The number of Topliss-reactive ketones (excluding diaryl/α,β-unsaturated/α-hetero) is 1. The maximum absolute atomic E-state index is 11.2. The molecule has 2 saturated heterocycles. The van der Waals surface area contributed by atoms with E-state index in [0.717, 1.165) is 31.9 Å². The summed E-state index contributed by atoms with van der Waals surface area (Å²) in [7, 11) is 0. The van der Waals surface area contributed by atoms with Crippen molar-refractivity contribution in [3.8, 4) is 0 Å². The Labute approximate surface area is 119 Å². The fourth-order valence-electron chi connectivity index (χ4n) is 3.04. The normalized spacial score (nSPS) is 30.0. The lowest BCUT2D eigenvalue weighted by Gasteiger charge is -2.33. The summed E-state index contributed by atoms with van der Waals surface area (Å²) in [5.41, 5.74) is 0.654. The zero-order valence-electron chi connectivity index (χ0n) is 12.0. The fraction of sp³-hybridized carbons (Fsp3) is 0.600. The predicted octanol–water partition coefficient (Wildman–Crippen LogP) is 1.56. The van der Waals surface area contributed by atoms with Gasteiger partial charge in [-0.05, 0) is 32.4 Å². The molecule has 0 spiro atoms. The smallest absolute Gasteiger partial charge is 0.161 e. The molecule has 0 bridgehead atoms. The van der Waals surface area contributed by atoms with Crippen molar-refractivity contribution in [3.63, 3.8) is 0 Å². The molecular weight excluding hydrogens is 254 g/mol. The molecule has 2 fully saturated rings. The van der Waals surface area contributed by atoms with Crippen LogP contribution in [0.15, 0.2) is 18.3 Å². The van der Waals surface area contributed by atoms with Gasteiger partial charge in [-0.25, -0.2) is 4.98 Å². The minimum atomic E-state index is 0.0492. The van der Waals surface area contributed by atoms with E-state index in [-0.39, 0.29) is 5.78 Å². The maximum atomic E-state index is 11.2. The van der Waals surface area contributed by atoms with Crippen LogP contribution in [0.4, 0.5) is 5.82 Å². The highest BCUT2D eigenvalue weighted by atomic mass is 16.5. The van der Waals surface area contributed by atoms with E-state index in [0.29, 0.717) is 23.8 Å². The number of carbonyl (C=O) groups excluding carboxylic acids is 1. The minimum Gasteiger partial charge on any atom is -0.376 e. The van der Waals surface area contributed by atoms with Crippen molar-refractivity contribution in [1.29, 1.82) is 0 Å². The highest BCUT2D eigenvalue weighted by Crippen LogP contribution is 2.25. The van der Waals surface area contributed by atoms with E-state index in [2.05, 4.69) is 22.1 Å². The summed E-state index contributed by atoms with van der Waals surface area (Å²) < 4.78 is 5.71. The van der Waals surface area contributed by atoms with Crippen molar-refractivity contribution in [2.45, 2.75) is 38.5 Å². The maximum Gasteiger partial charge on any atom is 0.161 e. The van der Waals surface area contributed by atoms with Crippen LogP contribution in [0.25, 0.3) is 0 Å². The molecule has 2 aliphatic rings. The highest BCUT2D eigenvalue weighted by molar-refractivity contribution is 5.93. The zero-order valence-corrected chi connectivity index (χ0v) is 12.0. The lowest BCUT2D eigenvalue weighted by molar-refractivity contribution is -0.0390. The molecule has 2 aliphatic heterocycles. The number of aromatic nitrogens is 1. The van der Waals surface area contributed by atoms with Crippen LogP contribution >= 0.6 is 0 Å². The number of pyridine rings is 1. The van der Waals surface area contributed by atoms with E-state index in [1.165, 1.54) is 0 Å². The number of nitrogens with one attached hydrogen (secondary N) is 1. The molecular formula is C15H21N3O2. The summed E-state index contributed by atoms with van der Waals surface area (Å²) >= 11 is 0. The molecule has 20 heavy (non-hydrogen) atoms. The van der Waals surface area contributed by atoms with Gasteiger partial charge in [-0.1, -0.05) is 0 Å². The molecule has 0 saturated carbocycles. The summed E-state index contributed by atoms with van der Waals surface area (Å²) in [6.07, 6.45) is 3.05. The molecule has 0 radical (unpaired) electrons. The second-order valence-electron chi connectivity index (χ2n) is 5.82. The molecule has 3 rings (SSSR count). The Morgan fingerprint density at radius 3 is 3.00 bits per heavy atom. The second-order valence-corrected chi connectivity index (χ2v) is 5.82. The van der Waals surface area contributed by atoms with E-state index < -0.39 is 0 Å². The number of nitrogens with zero attached hydrogens (tertiary/aromatic N) is 2. The van der Waals surface area contributed by atoms with Gasteiger partial charge >= 0.3 is 0 Å². The average Bonchev–Trinajstić information content (AvgIpc) is 2.80. The van der Waals surface area contributed by atoms with Crippen LogP contribution in [0.5, 0.6) is 0 Å². The number of morpholine rings is 1. The van der Waals surface area contributed by atoms with Crippen LogP contribution in [0.1, 0.15) is 30.6 Å². The van der Waals surface area contributed by atoms with Gasteiger partial charge in [0.2, 0.25) is 0 Å². The number of fused-ring (bicyclic) bond motifs is 1. The van der Waals surface area contributed by atoms with E-state index in [9.17, 15) is 4.79 Å². The number of rotatable bonds is 3. The quantitative estimate of drug-likeness (QED) is 0.848. The van der Waals surface area contributed by atoms with E-state index in [1.54, 1.807) is 13.1 Å². The topological polar surface area (TPSA) is 54.5 Å². The Morgan fingerprint density at radius 1 is 1.45 bits per heavy atom. The lowest BCUT2D eigenvalue weighted by atomic mass is 10.1. The van der Waals surface area contributed by atoms with Gasteiger partial charge in [0.1, 0.15) is 5.82 Å². The molecule has 5 nitrogen and oxygen atoms in total. The molecule has 3 heterocycles. The van der Waals surface area contributed by atoms with Crippen molar-refractivity contribution in [2.75, 3.05) is 25.0 Å². The van der Waals surface area contributed by atoms with Crippen molar-refractivity contribution >= 4 is 11.6 Å². The molecule has 0 aliphatic carbocycles. The van der Waals surface area contributed by atoms with Gasteiger partial charge in [0.25, 0.3) is 0 Å². The van der Waals surface area contributed by atoms with Crippen LogP contribution in [0.3, 0.4) is 0 Å². The van der Waals surface area contributed by atoms with Gasteiger partial charge in [0, 0.05) is 36.9 Å². The van der Waals surface area contributed by atoms with Crippen molar-refractivity contribution in [1.82, 2.24) is 9.88 Å². The Balaban J connectivity index is 1.60. The van der Waals surface area contributed by atoms with Crippen LogP contribution in [0, 0.1) is 0 Å². The summed E-state index contributed by atoms with van der Waals surface area (Å²) in [6, 6.07) is 4.64. The molecule has 0 unspecified atom stereocenters. The predicted molar refractivity (Wildman–Crippen MR) is 77.0 cm³/mol. The molecule has 1 aromatic heterocycles. The van der Waals surface area contributed by atoms with Gasteiger partial charge in [0.15, 0.2) is 5.78 Å². The molecule has 108 valence electrons. The number of ketones is 1. The Morgan fingerprint density at radius 2 is 2.30 bits per heavy atom. The lowest BCUT2D eigenvalue weighted by Crippen LogP contribution is -2.45. The van der Waals surface area contributed by atoms with Gasteiger partial charge in [-0.15, -0.1) is 0 Å². The van der Waals surface area contributed by atoms with Crippen molar-refractivity contribution < 1.29 is 9.53 Å². The number of hydrogen-bond donors (Lipinski definition) is 1. The molecule has 3 atom stereocenters. The fourth-order valence-corrected chi connectivity index (χ4v) is 3.04. The average molecular weight is 275 g/mol. The summed E-state index contributed by atoms with van der Waals surface area (Å²) in [5.74, 6) is 0.891. The van der Waals surface area contributed by atoms with Crippen molar-refractivity contribution in [2.24, 2.45) is 0 Å². The summed E-state index contributed by atoms with van der Waals surface area (Å²) in [6.45, 7) is 6.56. The second kappa shape index (κ2) is 5.50. The number of hydrogen-bond acceptors (Lipinski definition) is 5.